The molecule has 15 heavy (non-hydrogen) atoms. The van der Waals surface area contributed by atoms with Gasteiger partial charge in [-0.3, -0.25) is 0 Å². The first kappa shape index (κ1) is 15.3. The van der Waals surface area contributed by atoms with E-state index in [2.05, 4.69) is 26.5 Å². The molecule has 0 radical (unpaired) electrons. The van der Waals surface area contributed by atoms with Gasteiger partial charge in [0.2, 0.25) is 0 Å². The largest absolute Gasteiger partial charge is 0.179 e. The van der Waals surface area contributed by atoms with Crippen LogP contribution < -0.4 is 0 Å². The number of thiol groups is 1. The highest BCUT2D eigenvalue weighted by Gasteiger charge is 2.04. The van der Waals surface area contributed by atoms with E-state index in [0.29, 0.717) is 0 Å². The predicted molar refractivity (Wildman–Crippen MR) is 74.9 cm³/mol. The molecule has 0 nitrogen and oxygen atoms in total. The molecular formula is C14H30S. The van der Waals surface area contributed by atoms with Crippen molar-refractivity contribution >= 4 is 12.6 Å². The molecule has 0 aromatic carbocycles. The molecule has 1 heteroatoms. The van der Waals surface area contributed by atoms with Crippen LogP contribution in [0.15, 0.2) is 0 Å². The lowest BCUT2D eigenvalue weighted by Crippen LogP contribution is -1.98. The quantitative estimate of drug-likeness (QED) is 0.353. The second-order valence-electron chi connectivity index (χ2n) is 4.70. The Morgan fingerprint density at radius 3 is 2.00 bits per heavy atom. The first-order valence-electron chi connectivity index (χ1n) is 6.96. The van der Waals surface area contributed by atoms with Crippen molar-refractivity contribution in [3.8, 4) is 0 Å². The van der Waals surface area contributed by atoms with Gasteiger partial charge in [0.1, 0.15) is 0 Å². The summed E-state index contributed by atoms with van der Waals surface area (Å²) in [6, 6.07) is 0. The zero-order valence-corrected chi connectivity index (χ0v) is 11.7. The summed E-state index contributed by atoms with van der Waals surface area (Å²) >= 11 is 4.23. The average Bonchev–Trinajstić information content (AvgIpc) is 2.27. The number of rotatable bonds is 11. The Hall–Kier alpha value is 0.350. The van der Waals surface area contributed by atoms with E-state index >= 15 is 0 Å². The Morgan fingerprint density at radius 2 is 1.40 bits per heavy atom. The van der Waals surface area contributed by atoms with Gasteiger partial charge >= 0.3 is 0 Å². The molecule has 0 bridgehead atoms. The third-order valence-corrected chi connectivity index (χ3v) is 3.63. The van der Waals surface area contributed by atoms with Crippen molar-refractivity contribution in [2.24, 2.45) is 5.92 Å². The van der Waals surface area contributed by atoms with Gasteiger partial charge in [-0.25, -0.2) is 0 Å². The molecule has 0 amide bonds. The lowest BCUT2D eigenvalue weighted by molar-refractivity contribution is 0.400. The summed E-state index contributed by atoms with van der Waals surface area (Å²) < 4.78 is 0. The Balaban J connectivity index is 3.22. The van der Waals surface area contributed by atoms with Gasteiger partial charge in [-0.1, -0.05) is 71.6 Å². The average molecular weight is 230 g/mol. The summed E-state index contributed by atoms with van der Waals surface area (Å²) in [5.74, 6) is 2.07. The molecule has 0 rings (SSSR count). The minimum atomic E-state index is 1.01. The van der Waals surface area contributed by atoms with Crippen LogP contribution in [0.2, 0.25) is 0 Å². The van der Waals surface area contributed by atoms with Crippen molar-refractivity contribution in [3.05, 3.63) is 0 Å². The molecule has 0 N–H and O–H groups in total. The normalized spacial score (nSPS) is 13.0. The molecular weight excluding hydrogens is 200 g/mol. The number of hydrogen-bond donors (Lipinski definition) is 1. The van der Waals surface area contributed by atoms with Crippen LogP contribution in [0.1, 0.15) is 78.1 Å². The standard InChI is InChI=1S/C14H30S/c1-3-5-11-14(4-2)12-9-7-6-8-10-13-15/h14-15H,3-13H2,1-2H3. The van der Waals surface area contributed by atoms with Crippen LogP contribution in [0, 0.1) is 5.92 Å². The fraction of sp³-hybridized carbons (Fsp3) is 1.00. The minimum Gasteiger partial charge on any atom is -0.179 e. The topological polar surface area (TPSA) is 0 Å². The zero-order chi connectivity index (χ0) is 11.4. The first-order valence-corrected chi connectivity index (χ1v) is 7.59. The summed E-state index contributed by atoms with van der Waals surface area (Å²) in [4.78, 5) is 0. The molecule has 92 valence electrons. The monoisotopic (exact) mass is 230 g/mol. The van der Waals surface area contributed by atoms with Gasteiger partial charge in [0.05, 0.1) is 0 Å². The highest BCUT2D eigenvalue weighted by atomic mass is 32.1. The zero-order valence-electron chi connectivity index (χ0n) is 10.8. The van der Waals surface area contributed by atoms with Crippen LogP contribution in [0.25, 0.3) is 0 Å². The lowest BCUT2D eigenvalue weighted by Gasteiger charge is -2.13. The fourth-order valence-corrected chi connectivity index (χ4v) is 2.34. The number of hydrogen-bond acceptors (Lipinski definition) is 1. The summed E-state index contributed by atoms with van der Waals surface area (Å²) in [7, 11) is 0. The SMILES string of the molecule is CCCCC(CC)CCCCCCCS. The van der Waals surface area contributed by atoms with Crippen molar-refractivity contribution in [1.82, 2.24) is 0 Å². The van der Waals surface area contributed by atoms with Gasteiger partial charge < -0.3 is 0 Å². The van der Waals surface area contributed by atoms with Gasteiger partial charge in [-0.2, -0.15) is 12.6 Å². The van der Waals surface area contributed by atoms with Gasteiger partial charge in [0.15, 0.2) is 0 Å². The molecule has 1 unspecified atom stereocenters. The van der Waals surface area contributed by atoms with Crippen LogP contribution in [0.4, 0.5) is 0 Å². The number of unbranched alkanes of at least 4 members (excludes halogenated alkanes) is 5. The van der Waals surface area contributed by atoms with E-state index in [0.717, 1.165) is 11.7 Å². The highest BCUT2D eigenvalue weighted by Crippen LogP contribution is 2.20. The van der Waals surface area contributed by atoms with Gasteiger partial charge in [-0.05, 0) is 18.1 Å². The molecule has 0 aliphatic rings. The van der Waals surface area contributed by atoms with Gasteiger partial charge in [0, 0.05) is 0 Å². The molecule has 0 saturated heterocycles. The highest BCUT2D eigenvalue weighted by molar-refractivity contribution is 7.80. The van der Waals surface area contributed by atoms with Crippen LogP contribution >= 0.6 is 12.6 Å². The van der Waals surface area contributed by atoms with E-state index in [4.69, 9.17) is 0 Å². The van der Waals surface area contributed by atoms with Crippen molar-refractivity contribution in [3.63, 3.8) is 0 Å². The lowest BCUT2D eigenvalue weighted by atomic mass is 9.93. The maximum Gasteiger partial charge on any atom is -0.00979 e. The summed E-state index contributed by atoms with van der Waals surface area (Å²) in [5, 5.41) is 0. The summed E-state index contributed by atoms with van der Waals surface area (Å²) in [6.45, 7) is 4.64. The molecule has 0 heterocycles. The van der Waals surface area contributed by atoms with E-state index in [1.54, 1.807) is 0 Å². The minimum absolute atomic E-state index is 1.01. The molecule has 0 aromatic rings. The smallest absolute Gasteiger partial charge is 0.00979 e. The Morgan fingerprint density at radius 1 is 0.800 bits per heavy atom. The maximum atomic E-state index is 4.23. The molecule has 0 spiro atoms. The van der Waals surface area contributed by atoms with Crippen molar-refractivity contribution in [2.45, 2.75) is 78.1 Å². The second kappa shape index (κ2) is 12.4. The van der Waals surface area contributed by atoms with Crippen LogP contribution in [-0.4, -0.2) is 5.75 Å². The molecule has 0 aromatic heterocycles. The Kier molecular flexibility index (Phi) is 12.7. The van der Waals surface area contributed by atoms with Crippen LogP contribution in [0.3, 0.4) is 0 Å². The summed E-state index contributed by atoms with van der Waals surface area (Å²) in [5.41, 5.74) is 0. The second-order valence-corrected chi connectivity index (χ2v) is 5.14. The van der Waals surface area contributed by atoms with E-state index in [-0.39, 0.29) is 0 Å². The van der Waals surface area contributed by atoms with E-state index in [9.17, 15) is 0 Å². The molecule has 0 aliphatic heterocycles. The van der Waals surface area contributed by atoms with Crippen molar-refractivity contribution < 1.29 is 0 Å². The van der Waals surface area contributed by atoms with Crippen LogP contribution in [0.5, 0.6) is 0 Å². The predicted octanol–water partition coefficient (Wildman–Crippen LogP) is 5.47. The summed E-state index contributed by atoms with van der Waals surface area (Å²) in [6.07, 6.45) is 14.1. The molecule has 0 aliphatic carbocycles. The third kappa shape index (κ3) is 10.6. The van der Waals surface area contributed by atoms with Gasteiger partial charge in [-0.15, -0.1) is 0 Å². The fourth-order valence-electron chi connectivity index (χ4n) is 2.12. The Labute approximate surface area is 103 Å². The Bertz CT molecular complexity index is 112. The maximum absolute atomic E-state index is 4.23. The molecule has 0 saturated carbocycles. The van der Waals surface area contributed by atoms with E-state index in [1.807, 2.05) is 0 Å². The van der Waals surface area contributed by atoms with E-state index < -0.39 is 0 Å². The third-order valence-electron chi connectivity index (χ3n) is 3.31. The van der Waals surface area contributed by atoms with Crippen molar-refractivity contribution in [2.75, 3.05) is 5.75 Å². The first-order chi connectivity index (χ1) is 7.35. The van der Waals surface area contributed by atoms with Crippen molar-refractivity contribution in [1.29, 1.82) is 0 Å². The van der Waals surface area contributed by atoms with Crippen LogP contribution in [-0.2, 0) is 0 Å². The molecule has 1 atom stereocenters. The molecule has 0 fully saturated rings. The van der Waals surface area contributed by atoms with E-state index in [1.165, 1.54) is 64.2 Å². The van der Waals surface area contributed by atoms with Gasteiger partial charge in [0.25, 0.3) is 0 Å².